The largest absolute Gasteiger partial charge is 0.393 e. The highest BCUT2D eigenvalue weighted by Gasteiger charge is 2.74. The van der Waals surface area contributed by atoms with Gasteiger partial charge in [-0.1, -0.05) is 107 Å². The van der Waals surface area contributed by atoms with E-state index in [4.69, 9.17) is 0 Å². The molecule has 0 heterocycles. The summed E-state index contributed by atoms with van der Waals surface area (Å²) < 4.78 is 0. The number of hydrogen-bond acceptors (Lipinski definition) is 4. The topological polar surface area (TPSA) is 89.9 Å². The van der Waals surface area contributed by atoms with Crippen LogP contribution in [0.1, 0.15) is 121 Å². The number of aliphatic hydroxyl groups excluding tert-OH is 1. The Kier molecular flexibility index (Phi) is 8.36. The van der Waals surface area contributed by atoms with Crippen LogP contribution in [-0.4, -0.2) is 51.7 Å². The standard InChI is InChI=1S/C48H62N2O4/c1-31(32-12-8-6-9-13-32)49-42(53)50(29-34-16-17-35-26-37(34)43(35,2)3)30-47(54)23-20-40-45(47,5)22-19-39-44(4)21-18-36(51)27-46(44)24-25-48(39,40)38(28-46)41(52)33-14-10-7-11-15-33/h6-15,24-25,28,31,34-37,39-40,51,54H,16-23,26-27,29-30H2,1-5H3,(H,49,53). The maximum absolute atomic E-state index is 14.9. The number of rotatable bonds is 8. The van der Waals surface area contributed by atoms with Crippen molar-refractivity contribution in [1.29, 1.82) is 0 Å². The number of allylic oxidation sites excluding steroid dienone is 4. The van der Waals surface area contributed by atoms with Crippen LogP contribution < -0.4 is 5.32 Å². The first-order valence-corrected chi connectivity index (χ1v) is 21.2. The molecule has 12 atom stereocenters. The lowest BCUT2D eigenvalue weighted by Gasteiger charge is -2.71. The average molecular weight is 731 g/mol. The van der Waals surface area contributed by atoms with E-state index in [9.17, 15) is 19.8 Å². The second-order valence-corrected chi connectivity index (χ2v) is 20.2. The lowest BCUT2D eigenvalue weighted by atomic mass is 9.32. The molecule has 6 saturated carbocycles. The van der Waals surface area contributed by atoms with Gasteiger partial charge >= 0.3 is 6.03 Å². The van der Waals surface area contributed by atoms with Crippen LogP contribution in [0.3, 0.4) is 0 Å². The van der Waals surface area contributed by atoms with Crippen molar-refractivity contribution >= 4 is 11.8 Å². The van der Waals surface area contributed by atoms with Crippen LogP contribution >= 0.6 is 0 Å². The first kappa shape index (κ1) is 36.4. The van der Waals surface area contributed by atoms with Crippen molar-refractivity contribution in [2.45, 2.75) is 117 Å². The number of urea groups is 1. The van der Waals surface area contributed by atoms with Gasteiger partial charge in [0, 0.05) is 33.9 Å². The van der Waals surface area contributed by atoms with Gasteiger partial charge in [-0.25, -0.2) is 4.79 Å². The van der Waals surface area contributed by atoms with Crippen molar-refractivity contribution < 1.29 is 19.8 Å². The van der Waals surface area contributed by atoms with E-state index in [1.165, 1.54) is 12.8 Å². The van der Waals surface area contributed by atoms with Crippen molar-refractivity contribution in [3.63, 3.8) is 0 Å². The van der Waals surface area contributed by atoms with Crippen molar-refractivity contribution in [3.8, 4) is 0 Å². The van der Waals surface area contributed by atoms with E-state index in [0.717, 1.165) is 55.6 Å². The minimum Gasteiger partial charge on any atom is -0.393 e. The highest BCUT2D eigenvalue weighted by atomic mass is 16.3. The molecule has 6 fully saturated rings. The molecule has 2 aromatic rings. The first-order chi connectivity index (χ1) is 25.7. The fourth-order valence-electron chi connectivity index (χ4n) is 14.4. The molecule has 0 saturated heterocycles. The molecule has 2 spiro atoms. The van der Waals surface area contributed by atoms with Crippen LogP contribution in [0.25, 0.3) is 0 Å². The molecule has 2 amide bonds. The van der Waals surface area contributed by atoms with Crippen molar-refractivity contribution in [3.05, 3.63) is 95.6 Å². The Morgan fingerprint density at radius 2 is 1.52 bits per heavy atom. The molecular weight excluding hydrogens is 669 g/mol. The quantitative estimate of drug-likeness (QED) is 0.187. The second kappa shape index (κ2) is 12.4. The molecule has 6 nitrogen and oxygen atoms in total. The van der Waals surface area contributed by atoms with Gasteiger partial charge in [0.05, 0.1) is 24.3 Å². The fraction of sp³-hybridized carbons (Fsp3) is 0.625. The molecule has 4 bridgehead atoms. The third-order valence-corrected chi connectivity index (χ3v) is 17.8. The van der Waals surface area contributed by atoms with Crippen LogP contribution in [0.2, 0.25) is 0 Å². The number of carbonyl (C=O) groups excluding carboxylic acids is 2. The van der Waals surface area contributed by atoms with Gasteiger partial charge in [0.25, 0.3) is 0 Å². The van der Waals surface area contributed by atoms with Crippen molar-refractivity contribution in [2.75, 3.05) is 13.1 Å². The van der Waals surface area contributed by atoms with E-state index in [-0.39, 0.29) is 46.6 Å². The number of Topliss-reactive ketones (excluding diaryl/α,β-unsaturated/α-hetero) is 1. The van der Waals surface area contributed by atoms with Gasteiger partial charge in [-0.2, -0.15) is 0 Å². The number of benzene rings is 2. The summed E-state index contributed by atoms with van der Waals surface area (Å²) in [6.45, 7) is 12.6. The third-order valence-electron chi connectivity index (χ3n) is 17.8. The third kappa shape index (κ3) is 4.96. The maximum Gasteiger partial charge on any atom is 0.317 e. The van der Waals surface area contributed by atoms with Crippen LogP contribution in [0.4, 0.5) is 4.79 Å². The number of hydrogen-bond donors (Lipinski definition) is 3. The Morgan fingerprint density at radius 1 is 0.852 bits per heavy atom. The molecule has 0 radical (unpaired) electrons. The van der Waals surface area contributed by atoms with Crippen LogP contribution in [0.5, 0.6) is 0 Å². The summed E-state index contributed by atoms with van der Waals surface area (Å²) in [5.74, 6) is 2.15. The highest BCUT2D eigenvalue weighted by molar-refractivity contribution is 6.10. The molecule has 54 heavy (non-hydrogen) atoms. The molecular formula is C48H62N2O4. The first-order valence-electron chi connectivity index (χ1n) is 21.2. The Labute approximate surface area is 322 Å². The number of ketones is 1. The molecule has 9 aliphatic carbocycles. The maximum atomic E-state index is 14.9. The van der Waals surface area contributed by atoms with E-state index in [0.29, 0.717) is 48.7 Å². The summed E-state index contributed by atoms with van der Waals surface area (Å²) >= 11 is 0. The SMILES string of the molecule is CC(NC(=O)N(CC1CCC2CC1C2(C)C)CC1(O)CCC2C34C=CC5(C=C3C(=O)c3ccccc3)CC(O)CCC5(C)C4CCC21C)c1ccccc1. The molecule has 2 aromatic carbocycles. The number of amides is 2. The van der Waals surface area contributed by atoms with Crippen molar-refractivity contribution in [2.24, 2.45) is 56.7 Å². The minimum absolute atomic E-state index is 0.0417. The molecule has 288 valence electrons. The van der Waals surface area contributed by atoms with Gasteiger partial charge in [0.1, 0.15) is 0 Å². The zero-order chi connectivity index (χ0) is 37.9. The zero-order valence-electron chi connectivity index (χ0n) is 33.2. The second-order valence-electron chi connectivity index (χ2n) is 20.2. The normalized spacial score (nSPS) is 42.8. The molecule has 3 N–H and O–H groups in total. The number of aliphatic hydroxyl groups is 2. The van der Waals surface area contributed by atoms with E-state index in [1.807, 2.05) is 53.4 Å². The molecule has 0 aromatic heterocycles. The summed E-state index contributed by atoms with van der Waals surface area (Å²) in [6.07, 6.45) is 15.8. The number of carbonyl (C=O) groups is 2. The zero-order valence-corrected chi connectivity index (χ0v) is 33.2. The van der Waals surface area contributed by atoms with Crippen LogP contribution in [-0.2, 0) is 0 Å². The highest BCUT2D eigenvalue weighted by Crippen LogP contribution is 2.78. The smallest absolute Gasteiger partial charge is 0.317 e. The van der Waals surface area contributed by atoms with Gasteiger partial charge in [-0.3, -0.25) is 4.79 Å². The summed E-state index contributed by atoms with van der Waals surface area (Å²) in [4.78, 5) is 31.4. The number of fused-ring (bicyclic) bond motifs is 3. The average Bonchev–Trinajstić information content (AvgIpc) is 3.44. The summed E-state index contributed by atoms with van der Waals surface area (Å²) in [5.41, 5.74) is 0.357. The van der Waals surface area contributed by atoms with Gasteiger partial charge in [-0.15, -0.1) is 0 Å². The van der Waals surface area contributed by atoms with E-state index in [1.54, 1.807) is 0 Å². The Bertz CT molecular complexity index is 1870. The molecule has 12 unspecified atom stereocenters. The molecule has 11 rings (SSSR count). The van der Waals surface area contributed by atoms with Gasteiger partial charge in [0.15, 0.2) is 5.78 Å². The monoisotopic (exact) mass is 730 g/mol. The van der Waals surface area contributed by atoms with Gasteiger partial charge in [-0.05, 0) is 117 Å². The minimum atomic E-state index is -1.11. The fourth-order valence-corrected chi connectivity index (χ4v) is 14.4. The predicted octanol–water partition coefficient (Wildman–Crippen LogP) is 9.31. The summed E-state index contributed by atoms with van der Waals surface area (Å²) in [5, 5.41) is 27.7. The van der Waals surface area contributed by atoms with E-state index >= 15 is 0 Å². The van der Waals surface area contributed by atoms with Crippen molar-refractivity contribution in [1.82, 2.24) is 10.2 Å². The Hall–Kier alpha value is -3.22. The number of nitrogens with zero attached hydrogens (tertiary/aromatic N) is 1. The van der Waals surface area contributed by atoms with Gasteiger partial charge in [0.2, 0.25) is 0 Å². The van der Waals surface area contributed by atoms with Crippen LogP contribution in [0, 0.1) is 56.7 Å². The molecule has 9 aliphatic rings. The molecule has 0 aliphatic heterocycles. The molecule has 6 heteroatoms. The Balaban J connectivity index is 1.08. The summed E-state index contributed by atoms with van der Waals surface area (Å²) in [6, 6.07) is 19.6. The van der Waals surface area contributed by atoms with E-state index < -0.39 is 16.4 Å². The predicted molar refractivity (Wildman–Crippen MR) is 212 cm³/mol. The lowest BCUT2D eigenvalue weighted by molar-refractivity contribution is -0.176. The van der Waals surface area contributed by atoms with Gasteiger partial charge < -0.3 is 20.4 Å². The Morgan fingerprint density at radius 3 is 2.22 bits per heavy atom. The number of nitrogens with one attached hydrogen (secondary N) is 1. The van der Waals surface area contributed by atoms with E-state index in [2.05, 4.69) is 70.3 Å². The van der Waals surface area contributed by atoms with Crippen LogP contribution in [0.15, 0.2) is 84.5 Å². The lowest BCUT2D eigenvalue weighted by Crippen LogP contribution is -2.67. The summed E-state index contributed by atoms with van der Waals surface area (Å²) in [7, 11) is 0.